The second-order valence-corrected chi connectivity index (χ2v) is 6.27. The molecule has 144 valence electrons. The van der Waals surface area contributed by atoms with Crippen molar-refractivity contribution in [3.63, 3.8) is 0 Å². The van der Waals surface area contributed by atoms with Crippen molar-refractivity contribution >= 4 is 28.5 Å². The van der Waals surface area contributed by atoms with Crippen molar-refractivity contribution in [3.8, 4) is 11.8 Å². The fraction of sp³-hybridized carbons (Fsp3) is 0.0476. The van der Waals surface area contributed by atoms with Gasteiger partial charge in [0.2, 0.25) is 0 Å². The summed E-state index contributed by atoms with van der Waals surface area (Å²) in [7, 11) is 1.84. The normalized spacial score (nSPS) is 10.7. The number of fused-ring (bicyclic) bond motifs is 1. The topological polar surface area (TPSA) is 95.0 Å². The Kier molecular flexibility index (Phi) is 4.74. The minimum atomic E-state index is -0.437. The van der Waals surface area contributed by atoms with Crippen LogP contribution in [-0.2, 0) is 0 Å². The summed E-state index contributed by atoms with van der Waals surface area (Å²) in [6, 6.07) is 13.4. The lowest BCUT2D eigenvalue weighted by Crippen LogP contribution is -2.10. The van der Waals surface area contributed by atoms with Gasteiger partial charge in [-0.15, -0.1) is 0 Å². The number of halogens is 1. The van der Waals surface area contributed by atoms with Crippen LogP contribution in [0.4, 0.5) is 15.8 Å². The molecule has 0 bridgehead atoms. The number of benzene rings is 2. The molecule has 0 saturated heterocycles. The van der Waals surface area contributed by atoms with Crippen molar-refractivity contribution in [3.05, 3.63) is 82.7 Å². The Morgan fingerprint density at radius 1 is 1.14 bits per heavy atom. The molecule has 0 aliphatic rings. The van der Waals surface area contributed by atoms with Crippen molar-refractivity contribution in [1.29, 1.82) is 5.41 Å². The van der Waals surface area contributed by atoms with Gasteiger partial charge in [-0.05, 0) is 48.5 Å². The highest BCUT2D eigenvalue weighted by molar-refractivity contribution is 5.80. The molecule has 2 aromatic heterocycles. The van der Waals surface area contributed by atoms with Crippen molar-refractivity contribution in [1.82, 2.24) is 15.0 Å². The summed E-state index contributed by atoms with van der Waals surface area (Å²) in [5.41, 5.74) is 1.94. The number of aromatic nitrogens is 3. The van der Waals surface area contributed by atoms with Gasteiger partial charge in [-0.2, -0.15) is 4.98 Å². The number of pyridine rings is 1. The second kappa shape index (κ2) is 7.51. The van der Waals surface area contributed by atoms with E-state index in [1.165, 1.54) is 18.5 Å². The van der Waals surface area contributed by atoms with E-state index in [1.807, 2.05) is 24.1 Å². The third-order valence-electron chi connectivity index (χ3n) is 4.45. The van der Waals surface area contributed by atoms with Crippen molar-refractivity contribution < 1.29 is 9.13 Å². The highest BCUT2D eigenvalue weighted by atomic mass is 19.1. The van der Waals surface area contributed by atoms with Crippen LogP contribution in [0, 0.1) is 11.2 Å². The Hall–Kier alpha value is -4.07. The highest BCUT2D eigenvalue weighted by Crippen LogP contribution is 2.28. The summed E-state index contributed by atoms with van der Waals surface area (Å²) < 4.78 is 19.3. The largest absolute Gasteiger partial charge is 0.426 e. The van der Waals surface area contributed by atoms with Crippen LogP contribution in [0.3, 0.4) is 0 Å². The van der Waals surface area contributed by atoms with E-state index in [0.717, 1.165) is 17.6 Å². The predicted octanol–water partition coefficient (Wildman–Crippen LogP) is 4.02. The fourth-order valence-corrected chi connectivity index (χ4v) is 2.87. The van der Waals surface area contributed by atoms with Gasteiger partial charge >= 0.3 is 6.01 Å². The first-order chi connectivity index (χ1) is 14.0. The quantitative estimate of drug-likeness (QED) is 0.503. The van der Waals surface area contributed by atoms with Gasteiger partial charge in [-0.3, -0.25) is 14.8 Å². The van der Waals surface area contributed by atoms with Crippen molar-refractivity contribution in [2.24, 2.45) is 0 Å². The van der Waals surface area contributed by atoms with E-state index < -0.39 is 5.82 Å². The number of H-pyrrole nitrogens is 1. The molecule has 2 heterocycles. The van der Waals surface area contributed by atoms with Crippen molar-refractivity contribution in [2.45, 2.75) is 0 Å². The Labute approximate surface area is 165 Å². The summed E-state index contributed by atoms with van der Waals surface area (Å²) in [6.45, 7) is 0. The Balaban J connectivity index is 1.56. The SMILES string of the molecule is CN(c1ccc(Oc2nc3cnccc3c(=O)[nH]2)cc1)c1ccc(F)c(C=N)c1. The zero-order valence-corrected chi connectivity index (χ0v) is 15.4. The summed E-state index contributed by atoms with van der Waals surface area (Å²) in [5, 5.41) is 7.73. The molecule has 2 aromatic carbocycles. The Morgan fingerprint density at radius 3 is 2.66 bits per heavy atom. The molecule has 0 radical (unpaired) electrons. The molecule has 0 aliphatic carbocycles. The van der Waals surface area contributed by atoms with Crippen LogP contribution in [-0.4, -0.2) is 28.2 Å². The van der Waals surface area contributed by atoms with Gasteiger partial charge < -0.3 is 15.0 Å². The first kappa shape index (κ1) is 18.3. The number of anilines is 2. The monoisotopic (exact) mass is 389 g/mol. The zero-order valence-electron chi connectivity index (χ0n) is 15.4. The molecule has 2 N–H and O–H groups in total. The number of ether oxygens (including phenoxy) is 1. The van der Waals surface area contributed by atoms with E-state index in [0.29, 0.717) is 16.7 Å². The number of aromatic amines is 1. The van der Waals surface area contributed by atoms with E-state index in [2.05, 4.69) is 15.0 Å². The molecule has 8 heteroatoms. The molecular formula is C21H16FN5O2. The predicted molar refractivity (Wildman–Crippen MR) is 109 cm³/mol. The first-order valence-electron chi connectivity index (χ1n) is 8.71. The third-order valence-corrected chi connectivity index (χ3v) is 4.45. The lowest BCUT2D eigenvalue weighted by atomic mass is 10.1. The van der Waals surface area contributed by atoms with Crippen molar-refractivity contribution in [2.75, 3.05) is 11.9 Å². The minimum absolute atomic E-state index is 0.0748. The zero-order chi connectivity index (χ0) is 20.4. The molecule has 29 heavy (non-hydrogen) atoms. The molecule has 0 saturated carbocycles. The van der Waals surface area contributed by atoms with Gasteiger partial charge in [0.1, 0.15) is 11.6 Å². The van der Waals surface area contributed by atoms with Crippen LogP contribution in [0.1, 0.15) is 5.56 Å². The number of hydrogen-bond donors (Lipinski definition) is 2. The summed E-state index contributed by atoms with van der Waals surface area (Å²) >= 11 is 0. The van der Waals surface area contributed by atoms with E-state index >= 15 is 0 Å². The van der Waals surface area contributed by atoms with E-state index in [4.69, 9.17) is 10.1 Å². The molecule has 7 nitrogen and oxygen atoms in total. The smallest absolute Gasteiger partial charge is 0.302 e. The molecule has 4 rings (SSSR count). The molecular weight excluding hydrogens is 373 g/mol. The number of nitrogens with one attached hydrogen (secondary N) is 2. The molecule has 0 fully saturated rings. The van der Waals surface area contributed by atoms with Gasteiger partial charge in [-0.25, -0.2) is 4.39 Å². The molecule has 0 amide bonds. The third kappa shape index (κ3) is 3.68. The summed E-state index contributed by atoms with van der Waals surface area (Å²) in [6.07, 6.45) is 4.01. The standard InChI is InChI=1S/C21H16FN5O2/c1-27(15-4-7-18(22)13(10-15)11-23)14-2-5-16(6-3-14)29-21-25-19-12-24-9-8-17(19)20(28)26-21/h2-12,23H,1H3,(H,25,26,28). The van der Waals surface area contributed by atoms with Gasteiger partial charge in [-0.1, -0.05) is 0 Å². The molecule has 0 spiro atoms. The van der Waals surface area contributed by atoms with E-state index in [1.54, 1.807) is 30.3 Å². The lowest BCUT2D eigenvalue weighted by Gasteiger charge is -2.20. The number of rotatable bonds is 5. The lowest BCUT2D eigenvalue weighted by molar-refractivity contribution is 0.443. The van der Waals surface area contributed by atoms with Gasteiger partial charge in [0, 0.05) is 36.4 Å². The van der Waals surface area contributed by atoms with Gasteiger partial charge in [0.15, 0.2) is 0 Å². The fourth-order valence-electron chi connectivity index (χ4n) is 2.87. The average Bonchev–Trinajstić information content (AvgIpc) is 2.74. The maximum atomic E-state index is 13.6. The van der Waals surface area contributed by atoms with Crippen LogP contribution < -0.4 is 15.2 Å². The Morgan fingerprint density at radius 2 is 1.90 bits per heavy atom. The van der Waals surface area contributed by atoms with Crippen LogP contribution in [0.25, 0.3) is 10.9 Å². The molecule has 0 aliphatic heterocycles. The van der Waals surface area contributed by atoms with Gasteiger partial charge in [0.05, 0.1) is 17.1 Å². The van der Waals surface area contributed by atoms with Crippen LogP contribution in [0.5, 0.6) is 11.8 Å². The maximum absolute atomic E-state index is 13.6. The molecule has 0 unspecified atom stereocenters. The first-order valence-corrected chi connectivity index (χ1v) is 8.71. The average molecular weight is 389 g/mol. The maximum Gasteiger partial charge on any atom is 0.302 e. The van der Waals surface area contributed by atoms with Crippen LogP contribution in [0.2, 0.25) is 0 Å². The number of nitrogens with zero attached hydrogens (tertiary/aromatic N) is 3. The summed E-state index contributed by atoms with van der Waals surface area (Å²) in [5.74, 6) is 0.0563. The van der Waals surface area contributed by atoms with E-state index in [9.17, 15) is 9.18 Å². The van der Waals surface area contributed by atoms with Crippen LogP contribution >= 0.6 is 0 Å². The Bertz CT molecular complexity index is 1250. The van der Waals surface area contributed by atoms with Crippen LogP contribution in [0.15, 0.2) is 65.7 Å². The van der Waals surface area contributed by atoms with Gasteiger partial charge in [0.25, 0.3) is 5.56 Å². The highest BCUT2D eigenvalue weighted by Gasteiger charge is 2.09. The summed E-state index contributed by atoms with van der Waals surface area (Å²) in [4.78, 5) is 24.8. The molecule has 4 aromatic rings. The number of hydrogen-bond acceptors (Lipinski definition) is 6. The minimum Gasteiger partial charge on any atom is -0.426 e. The second-order valence-electron chi connectivity index (χ2n) is 6.27. The van der Waals surface area contributed by atoms with E-state index in [-0.39, 0.29) is 17.1 Å². The molecule has 0 atom stereocenters.